The normalized spacial score (nSPS) is 9.74. The fraction of sp³-hybridized carbons (Fsp3) is 0.125. The quantitative estimate of drug-likeness (QED) is 0.198. The van der Waals surface area contributed by atoms with Gasteiger partial charge in [0.25, 0.3) is 0 Å². The number of rotatable bonds is 6. The standard InChI is InChI=1S/C8H6ClN3O5S.K.H/c9-7-4(12-8(18-7)10-3-13)1-6(16)17-11-2-5(14)15;;/h2-3H,1H2,(H,14,15)(H,10,12,13);;/q;+1;-1/b11-2-;;. The minimum Gasteiger partial charge on any atom is -1.00 e. The van der Waals surface area contributed by atoms with Crippen LogP contribution >= 0.6 is 22.9 Å². The van der Waals surface area contributed by atoms with Crippen molar-refractivity contribution in [2.24, 2.45) is 5.16 Å². The Morgan fingerprint density at radius 3 is 2.89 bits per heavy atom. The molecule has 1 aromatic rings. The first-order valence-corrected chi connectivity index (χ1v) is 5.54. The van der Waals surface area contributed by atoms with Gasteiger partial charge < -0.3 is 16.7 Å². The molecular weight excluding hydrogens is 325 g/mol. The molecule has 0 aliphatic carbocycles. The second-order valence-electron chi connectivity index (χ2n) is 2.71. The van der Waals surface area contributed by atoms with Gasteiger partial charge >= 0.3 is 63.3 Å². The SMILES string of the molecule is O=CNc1nc(CC(=O)O/N=C\C(=O)O)c(Cl)s1.[H-].[K+]. The molecule has 11 heteroatoms. The fourth-order valence-electron chi connectivity index (χ4n) is 0.854. The number of hydrogen-bond acceptors (Lipinski definition) is 7. The van der Waals surface area contributed by atoms with Crippen LogP contribution in [0, 0.1) is 0 Å². The molecule has 0 radical (unpaired) electrons. The van der Waals surface area contributed by atoms with Gasteiger partial charge in [0.2, 0.25) is 6.41 Å². The molecule has 0 saturated carbocycles. The van der Waals surface area contributed by atoms with E-state index in [0.717, 1.165) is 11.3 Å². The van der Waals surface area contributed by atoms with E-state index in [1.165, 1.54) is 0 Å². The first kappa shape index (κ1) is 18.6. The second-order valence-corrected chi connectivity index (χ2v) is 4.32. The molecule has 1 amide bonds. The molecule has 0 saturated heterocycles. The summed E-state index contributed by atoms with van der Waals surface area (Å²) in [5.74, 6) is -2.16. The molecule has 0 aliphatic heterocycles. The maximum atomic E-state index is 11.2. The Balaban J connectivity index is 0. The molecule has 2 N–H and O–H groups in total. The zero-order valence-electron chi connectivity index (χ0n) is 10.6. The number of oxime groups is 1. The summed E-state index contributed by atoms with van der Waals surface area (Å²) < 4.78 is 0.221. The van der Waals surface area contributed by atoms with E-state index >= 15 is 0 Å². The molecule has 0 aromatic carbocycles. The number of carbonyl (C=O) groups excluding carboxylic acids is 2. The van der Waals surface area contributed by atoms with Crippen molar-refractivity contribution in [3.8, 4) is 0 Å². The van der Waals surface area contributed by atoms with Gasteiger partial charge in [0.1, 0.15) is 4.34 Å². The minimum absolute atomic E-state index is 0. The van der Waals surface area contributed by atoms with Crippen LogP contribution in [-0.4, -0.2) is 34.7 Å². The molecule has 19 heavy (non-hydrogen) atoms. The number of nitrogens with one attached hydrogen (secondary N) is 1. The van der Waals surface area contributed by atoms with Crippen LogP contribution in [0.2, 0.25) is 4.34 Å². The summed E-state index contributed by atoms with van der Waals surface area (Å²) in [7, 11) is 0. The third-order valence-electron chi connectivity index (χ3n) is 1.46. The number of halogens is 1. The third kappa shape index (κ3) is 7.10. The van der Waals surface area contributed by atoms with Crippen molar-refractivity contribution in [1.82, 2.24) is 4.98 Å². The number of aromatic nitrogens is 1. The Morgan fingerprint density at radius 1 is 1.63 bits per heavy atom. The van der Waals surface area contributed by atoms with Crippen molar-refractivity contribution < 1.29 is 77.1 Å². The maximum Gasteiger partial charge on any atom is 1.00 e. The summed E-state index contributed by atoms with van der Waals surface area (Å²) in [4.78, 5) is 39.5. The van der Waals surface area contributed by atoms with Gasteiger partial charge in [-0.2, -0.15) is 0 Å². The molecule has 8 nitrogen and oxygen atoms in total. The van der Waals surface area contributed by atoms with Gasteiger partial charge in [-0.05, 0) is 0 Å². The van der Waals surface area contributed by atoms with Crippen molar-refractivity contribution in [3.63, 3.8) is 0 Å². The van der Waals surface area contributed by atoms with Crippen LogP contribution in [-0.2, 0) is 25.6 Å². The van der Waals surface area contributed by atoms with E-state index < -0.39 is 11.9 Å². The summed E-state index contributed by atoms with van der Waals surface area (Å²) in [5.41, 5.74) is 0.210. The van der Waals surface area contributed by atoms with Crippen molar-refractivity contribution in [2.75, 3.05) is 5.32 Å². The van der Waals surface area contributed by atoms with Crippen LogP contribution in [0.3, 0.4) is 0 Å². The summed E-state index contributed by atoms with van der Waals surface area (Å²) in [5, 5.41) is 13.7. The largest absolute Gasteiger partial charge is 1.00 e. The van der Waals surface area contributed by atoms with E-state index in [2.05, 4.69) is 20.3 Å². The van der Waals surface area contributed by atoms with Crippen LogP contribution in [0.15, 0.2) is 5.16 Å². The minimum atomic E-state index is -1.34. The number of carboxylic acids is 1. The predicted octanol–water partition coefficient (Wildman–Crippen LogP) is -2.36. The molecular formula is C8H7ClKN3O5S. The van der Waals surface area contributed by atoms with Gasteiger partial charge in [0.15, 0.2) is 11.3 Å². The van der Waals surface area contributed by atoms with Crippen LogP contribution in [0.4, 0.5) is 5.13 Å². The van der Waals surface area contributed by atoms with Gasteiger partial charge in [-0.25, -0.2) is 14.6 Å². The fourth-order valence-corrected chi connectivity index (χ4v) is 1.85. The summed E-state index contributed by atoms with van der Waals surface area (Å²) >= 11 is 6.75. The van der Waals surface area contributed by atoms with Gasteiger partial charge in [-0.3, -0.25) is 4.79 Å². The first-order valence-electron chi connectivity index (χ1n) is 4.34. The van der Waals surface area contributed by atoms with E-state index in [-0.39, 0.29) is 74.4 Å². The number of nitrogens with zero attached hydrogens (tertiary/aromatic N) is 2. The van der Waals surface area contributed by atoms with E-state index in [0.29, 0.717) is 12.6 Å². The Labute approximate surface area is 160 Å². The van der Waals surface area contributed by atoms with E-state index in [1.54, 1.807) is 0 Å². The monoisotopic (exact) mass is 331 g/mol. The zero-order chi connectivity index (χ0) is 13.5. The molecule has 0 atom stereocenters. The van der Waals surface area contributed by atoms with Gasteiger partial charge in [-0.15, -0.1) is 0 Å². The Morgan fingerprint density at radius 2 is 2.32 bits per heavy atom. The van der Waals surface area contributed by atoms with E-state index in [1.807, 2.05) is 0 Å². The first-order chi connectivity index (χ1) is 8.52. The summed E-state index contributed by atoms with van der Waals surface area (Å²) in [6.45, 7) is 0. The zero-order valence-corrected chi connectivity index (χ0v) is 14.3. The Bertz CT molecular complexity index is 512. The molecule has 0 spiro atoms. The van der Waals surface area contributed by atoms with Gasteiger partial charge in [0, 0.05) is 0 Å². The molecule has 0 unspecified atom stereocenters. The number of thiazole rings is 1. The smallest absolute Gasteiger partial charge is 1.00 e. The number of carboxylic acid groups (broad SMARTS) is 1. The molecule has 98 valence electrons. The third-order valence-corrected chi connectivity index (χ3v) is 2.73. The van der Waals surface area contributed by atoms with Crippen LogP contribution in [0.25, 0.3) is 0 Å². The molecule has 0 aliphatic rings. The van der Waals surface area contributed by atoms with Gasteiger partial charge in [0.05, 0.1) is 12.1 Å². The van der Waals surface area contributed by atoms with Gasteiger partial charge in [-0.1, -0.05) is 28.1 Å². The predicted molar refractivity (Wildman–Crippen MR) is 63.8 cm³/mol. The average Bonchev–Trinajstić information content (AvgIpc) is 2.59. The van der Waals surface area contributed by atoms with E-state index in [9.17, 15) is 14.4 Å². The van der Waals surface area contributed by atoms with Crippen LogP contribution < -0.4 is 56.7 Å². The van der Waals surface area contributed by atoms with Crippen LogP contribution in [0.5, 0.6) is 0 Å². The number of carbonyl (C=O) groups is 3. The number of amides is 1. The van der Waals surface area contributed by atoms with Crippen molar-refractivity contribution in [2.45, 2.75) is 6.42 Å². The summed E-state index contributed by atoms with van der Waals surface area (Å²) in [6, 6.07) is 0. The maximum absolute atomic E-state index is 11.2. The molecule has 0 fully saturated rings. The average molecular weight is 332 g/mol. The Hall–Kier alpha value is -0.364. The number of aliphatic carboxylic acids is 1. The number of anilines is 1. The van der Waals surface area contributed by atoms with Crippen molar-refractivity contribution >= 4 is 52.6 Å². The molecule has 1 rings (SSSR count). The molecule has 1 heterocycles. The Kier molecular flexibility index (Phi) is 9.34. The molecule has 1 aromatic heterocycles. The summed E-state index contributed by atoms with van der Waals surface area (Å²) in [6.07, 6.45) is 0.571. The topological polar surface area (TPSA) is 118 Å². The van der Waals surface area contributed by atoms with Crippen LogP contribution in [0.1, 0.15) is 7.12 Å². The van der Waals surface area contributed by atoms with Crippen molar-refractivity contribution in [3.05, 3.63) is 10.0 Å². The number of hydrogen-bond donors (Lipinski definition) is 2. The second kappa shape index (κ2) is 9.53. The molecule has 0 bridgehead atoms. The van der Waals surface area contributed by atoms with E-state index in [4.69, 9.17) is 16.7 Å². The van der Waals surface area contributed by atoms with Crippen molar-refractivity contribution in [1.29, 1.82) is 0 Å².